The Morgan fingerprint density at radius 1 is 1.36 bits per heavy atom. The molecule has 3 atom stereocenters. The summed E-state index contributed by atoms with van der Waals surface area (Å²) < 4.78 is 14.0. The summed E-state index contributed by atoms with van der Waals surface area (Å²) in [6.45, 7) is 8.85. The zero-order valence-corrected chi connectivity index (χ0v) is 10.1. The van der Waals surface area contributed by atoms with Crippen LogP contribution in [0, 0.1) is 5.92 Å². The van der Waals surface area contributed by atoms with E-state index in [0.29, 0.717) is 0 Å². The number of nitrogens with one attached hydrogen (secondary N) is 1. The first-order valence-electron chi connectivity index (χ1n) is 4.57. The Labute approximate surface area is 87.7 Å². The SMILES string of the molecule is C[C@H](C(=O)O)[C@@H](C)NS(=O)C(C)(C)C. The van der Waals surface area contributed by atoms with E-state index >= 15 is 0 Å². The number of hydrogen-bond donors (Lipinski definition) is 2. The van der Waals surface area contributed by atoms with Crippen molar-refractivity contribution in [2.45, 2.75) is 45.4 Å². The molecular weight excluding hydrogens is 202 g/mol. The molecule has 0 fully saturated rings. The normalized spacial score (nSPS) is 18.6. The van der Waals surface area contributed by atoms with Crippen molar-refractivity contribution in [3.8, 4) is 0 Å². The minimum absolute atomic E-state index is 0.299. The first-order valence-corrected chi connectivity index (χ1v) is 5.72. The van der Waals surface area contributed by atoms with Gasteiger partial charge in [0.05, 0.1) is 21.7 Å². The van der Waals surface area contributed by atoms with Gasteiger partial charge in [0.2, 0.25) is 0 Å². The number of hydrogen-bond acceptors (Lipinski definition) is 2. The van der Waals surface area contributed by atoms with Gasteiger partial charge >= 0.3 is 5.97 Å². The Morgan fingerprint density at radius 2 is 1.79 bits per heavy atom. The van der Waals surface area contributed by atoms with Gasteiger partial charge in [-0.05, 0) is 27.7 Å². The Balaban J connectivity index is 4.27. The molecule has 0 aliphatic rings. The summed E-state index contributed by atoms with van der Waals surface area (Å²) in [5.74, 6) is -1.42. The summed E-state index contributed by atoms with van der Waals surface area (Å²) in [7, 11) is -1.22. The summed E-state index contributed by atoms with van der Waals surface area (Å²) >= 11 is 0. The molecule has 5 heteroatoms. The van der Waals surface area contributed by atoms with Gasteiger partial charge in [-0.25, -0.2) is 8.93 Å². The van der Waals surface area contributed by atoms with Crippen LogP contribution >= 0.6 is 0 Å². The fraction of sp³-hybridized carbons (Fsp3) is 0.889. The van der Waals surface area contributed by atoms with E-state index in [-0.39, 0.29) is 10.8 Å². The first kappa shape index (κ1) is 13.6. The van der Waals surface area contributed by atoms with E-state index in [4.69, 9.17) is 5.11 Å². The molecule has 1 unspecified atom stereocenters. The summed E-state index contributed by atoms with van der Waals surface area (Å²) in [6.07, 6.45) is 0. The predicted octanol–water partition coefficient (Wildman–Crippen LogP) is 1.15. The lowest BCUT2D eigenvalue weighted by atomic mass is 10.1. The molecular formula is C9H19NO3S. The fourth-order valence-electron chi connectivity index (χ4n) is 0.662. The number of carboxylic acids is 1. The van der Waals surface area contributed by atoms with Gasteiger partial charge in [-0.15, -0.1) is 0 Å². The van der Waals surface area contributed by atoms with E-state index in [9.17, 15) is 9.00 Å². The Kier molecular flexibility index (Phi) is 4.74. The third kappa shape index (κ3) is 4.19. The average molecular weight is 221 g/mol. The summed E-state index contributed by atoms with van der Waals surface area (Å²) in [4.78, 5) is 10.6. The molecule has 14 heavy (non-hydrogen) atoms. The average Bonchev–Trinajstić information content (AvgIpc) is 2.00. The Morgan fingerprint density at radius 3 is 2.07 bits per heavy atom. The summed E-state index contributed by atoms with van der Waals surface area (Å²) in [6, 6.07) is -0.299. The third-order valence-corrected chi connectivity index (χ3v) is 3.69. The van der Waals surface area contributed by atoms with E-state index in [1.165, 1.54) is 0 Å². The molecule has 0 rings (SSSR count). The van der Waals surface area contributed by atoms with Crippen LogP contribution in [0.4, 0.5) is 0 Å². The van der Waals surface area contributed by atoms with Crippen molar-refractivity contribution in [3.63, 3.8) is 0 Å². The van der Waals surface area contributed by atoms with Gasteiger partial charge in [0.1, 0.15) is 0 Å². The van der Waals surface area contributed by atoms with Crippen LogP contribution in [0.25, 0.3) is 0 Å². The van der Waals surface area contributed by atoms with Gasteiger partial charge in [-0.1, -0.05) is 6.92 Å². The molecule has 84 valence electrons. The second-order valence-corrected chi connectivity index (χ2v) is 6.41. The highest BCUT2D eigenvalue weighted by Gasteiger charge is 2.25. The second kappa shape index (κ2) is 4.89. The van der Waals surface area contributed by atoms with E-state index in [1.807, 2.05) is 20.8 Å². The van der Waals surface area contributed by atoms with E-state index < -0.39 is 22.9 Å². The summed E-state index contributed by atoms with van der Waals surface area (Å²) in [5, 5.41) is 8.73. The van der Waals surface area contributed by atoms with Crippen molar-refractivity contribution >= 4 is 17.0 Å². The topological polar surface area (TPSA) is 66.4 Å². The highest BCUT2D eigenvalue weighted by Crippen LogP contribution is 2.11. The van der Waals surface area contributed by atoms with E-state index in [2.05, 4.69) is 4.72 Å². The molecule has 2 N–H and O–H groups in total. The lowest BCUT2D eigenvalue weighted by Crippen LogP contribution is -2.43. The number of aliphatic carboxylic acids is 1. The highest BCUT2D eigenvalue weighted by molar-refractivity contribution is 7.84. The van der Waals surface area contributed by atoms with Crippen LogP contribution in [0.3, 0.4) is 0 Å². The largest absolute Gasteiger partial charge is 0.481 e. The third-order valence-electron chi connectivity index (χ3n) is 1.99. The zero-order chi connectivity index (χ0) is 11.5. The maximum Gasteiger partial charge on any atom is 0.307 e. The molecule has 0 aliphatic heterocycles. The lowest BCUT2D eigenvalue weighted by molar-refractivity contribution is -0.141. The maximum absolute atomic E-state index is 11.6. The van der Waals surface area contributed by atoms with Crippen LogP contribution in [0.5, 0.6) is 0 Å². The van der Waals surface area contributed by atoms with Crippen LogP contribution in [-0.2, 0) is 15.8 Å². The Hall–Kier alpha value is -0.420. The first-order chi connectivity index (χ1) is 6.16. The second-order valence-electron chi connectivity index (χ2n) is 4.41. The van der Waals surface area contributed by atoms with Crippen molar-refractivity contribution in [2.24, 2.45) is 5.92 Å². The number of carboxylic acid groups (broad SMARTS) is 1. The van der Waals surface area contributed by atoms with Crippen LogP contribution < -0.4 is 4.72 Å². The summed E-state index contributed by atoms with van der Waals surface area (Å²) in [5.41, 5.74) is 0. The van der Waals surface area contributed by atoms with Gasteiger partial charge < -0.3 is 5.11 Å². The predicted molar refractivity (Wildman–Crippen MR) is 57.3 cm³/mol. The molecule has 0 aromatic rings. The fourth-order valence-corrected chi connectivity index (χ4v) is 1.56. The molecule has 0 aliphatic carbocycles. The van der Waals surface area contributed by atoms with Crippen LogP contribution in [-0.4, -0.2) is 26.1 Å². The van der Waals surface area contributed by atoms with Crippen molar-refractivity contribution in [2.75, 3.05) is 0 Å². The quantitative estimate of drug-likeness (QED) is 0.748. The van der Waals surface area contributed by atoms with Crippen LogP contribution in [0.1, 0.15) is 34.6 Å². The maximum atomic E-state index is 11.6. The van der Waals surface area contributed by atoms with Crippen molar-refractivity contribution in [3.05, 3.63) is 0 Å². The number of rotatable bonds is 4. The molecule has 4 nitrogen and oxygen atoms in total. The van der Waals surface area contributed by atoms with Gasteiger partial charge in [0, 0.05) is 6.04 Å². The minimum Gasteiger partial charge on any atom is -0.481 e. The van der Waals surface area contributed by atoms with Gasteiger partial charge in [0.25, 0.3) is 0 Å². The van der Waals surface area contributed by atoms with Gasteiger partial charge in [-0.2, -0.15) is 0 Å². The highest BCUT2D eigenvalue weighted by atomic mass is 32.2. The molecule has 0 amide bonds. The van der Waals surface area contributed by atoms with Crippen molar-refractivity contribution in [1.82, 2.24) is 4.72 Å². The zero-order valence-electron chi connectivity index (χ0n) is 9.33. The molecule has 0 spiro atoms. The van der Waals surface area contributed by atoms with Crippen molar-refractivity contribution < 1.29 is 14.1 Å². The molecule has 0 aromatic carbocycles. The van der Waals surface area contributed by atoms with Gasteiger partial charge in [0.15, 0.2) is 0 Å². The standard InChI is InChI=1S/C9H19NO3S/c1-6(8(11)12)7(2)10-14(13)9(3,4)5/h6-7,10H,1-5H3,(H,11,12)/t6-,7+,14?/m0/s1. The molecule has 0 saturated carbocycles. The lowest BCUT2D eigenvalue weighted by Gasteiger charge is -2.23. The molecule has 0 bridgehead atoms. The monoisotopic (exact) mass is 221 g/mol. The smallest absolute Gasteiger partial charge is 0.307 e. The van der Waals surface area contributed by atoms with E-state index in [0.717, 1.165) is 0 Å². The van der Waals surface area contributed by atoms with Crippen molar-refractivity contribution in [1.29, 1.82) is 0 Å². The van der Waals surface area contributed by atoms with Gasteiger partial charge in [-0.3, -0.25) is 4.79 Å². The molecule has 0 heterocycles. The molecule has 0 saturated heterocycles. The Bertz CT molecular complexity index is 235. The minimum atomic E-state index is -1.22. The van der Waals surface area contributed by atoms with Crippen LogP contribution in [0.2, 0.25) is 0 Å². The van der Waals surface area contributed by atoms with Crippen LogP contribution in [0.15, 0.2) is 0 Å². The number of carbonyl (C=O) groups is 1. The molecule has 0 aromatic heterocycles. The molecule has 0 radical (unpaired) electrons. The van der Waals surface area contributed by atoms with E-state index in [1.54, 1.807) is 13.8 Å².